The lowest BCUT2D eigenvalue weighted by atomic mass is 10.1. The van der Waals surface area contributed by atoms with Gasteiger partial charge in [0.05, 0.1) is 0 Å². The van der Waals surface area contributed by atoms with Crippen LogP contribution in [0.5, 0.6) is 0 Å². The summed E-state index contributed by atoms with van der Waals surface area (Å²) in [6.07, 6.45) is 7.36. The second kappa shape index (κ2) is 6.14. The highest BCUT2D eigenvalue weighted by atomic mass is 35.5. The van der Waals surface area contributed by atoms with Crippen LogP contribution in [0.4, 0.5) is 11.5 Å². The molecule has 1 aromatic heterocycles. The van der Waals surface area contributed by atoms with Crippen molar-refractivity contribution in [3.63, 3.8) is 0 Å². The van der Waals surface area contributed by atoms with Crippen LogP contribution in [0.25, 0.3) is 0 Å². The highest BCUT2D eigenvalue weighted by molar-refractivity contribution is 6.30. The molecule has 0 radical (unpaired) electrons. The third kappa shape index (κ3) is 3.67. The van der Waals surface area contributed by atoms with Crippen LogP contribution in [0.2, 0.25) is 5.02 Å². The molecule has 0 bridgehead atoms. The Labute approximate surface area is 142 Å². The summed E-state index contributed by atoms with van der Waals surface area (Å²) in [6.45, 7) is 1.01. The van der Waals surface area contributed by atoms with Crippen molar-refractivity contribution in [2.24, 2.45) is 0 Å². The van der Waals surface area contributed by atoms with Crippen molar-refractivity contribution in [1.82, 2.24) is 9.88 Å². The fourth-order valence-electron chi connectivity index (χ4n) is 3.10. The summed E-state index contributed by atoms with van der Waals surface area (Å²) in [7, 11) is 2.23. The first-order chi connectivity index (χ1) is 11.2. The van der Waals surface area contributed by atoms with Crippen LogP contribution in [0, 0.1) is 0 Å². The largest absolute Gasteiger partial charge is 0.340 e. The van der Waals surface area contributed by atoms with Crippen LogP contribution in [0.15, 0.2) is 36.5 Å². The van der Waals surface area contributed by atoms with Gasteiger partial charge in [0.25, 0.3) is 0 Å². The molecule has 4 heteroatoms. The van der Waals surface area contributed by atoms with Crippen LogP contribution in [-0.4, -0.2) is 23.0 Å². The van der Waals surface area contributed by atoms with Crippen LogP contribution in [0.1, 0.15) is 42.7 Å². The van der Waals surface area contributed by atoms with E-state index < -0.39 is 0 Å². The Morgan fingerprint density at radius 2 is 2.04 bits per heavy atom. The maximum absolute atomic E-state index is 6.05. The van der Waals surface area contributed by atoms with Crippen molar-refractivity contribution in [3.05, 3.63) is 52.7 Å². The van der Waals surface area contributed by atoms with E-state index in [0.717, 1.165) is 35.0 Å². The van der Waals surface area contributed by atoms with Crippen LogP contribution >= 0.6 is 11.6 Å². The number of nitrogens with one attached hydrogen (secondary N) is 1. The second-order valence-corrected chi connectivity index (χ2v) is 7.26. The highest BCUT2D eigenvalue weighted by Gasteiger charge is 2.30. The molecule has 0 spiro atoms. The summed E-state index contributed by atoms with van der Waals surface area (Å²) < 4.78 is 0. The topological polar surface area (TPSA) is 28.2 Å². The number of halogens is 1. The lowest BCUT2D eigenvalue weighted by molar-refractivity contribution is 0.315. The Kier molecular flexibility index (Phi) is 4.00. The highest BCUT2D eigenvalue weighted by Crippen LogP contribution is 2.43. The molecule has 4 rings (SSSR count). The second-order valence-electron chi connectivity index (χ2n) is 6.82. The number of anilines is 2. The molecule has 1 heterocycles. The van der Waals surface area contributed by atoms with Gasteiger partial charge in [-0.25, -0.2) is 4.98 Å². The van der Waals surface area contributed by atoms with Gasteiger partial charge in [-0.2, -0.15) is 0 Å². The summed E-state index contributed by atoms with van der Waals surface area (Å²) in [6, 6.07) is 10.8. The molecule has 0 atom stereocenters. The van der Waals surface area contributed by atoms with Crippen LogP contribution in [-0.2, 0) is 6.54 Å². The Bertz CT molecular complexity index is 708. The molecule has 0 amide bonds. The zero-order valence-corrected chi connectivity index (χ0v) is 14.2. The van der Waals surface area contributed by atoms with E-state index in [-0.39, 0.29) is 0 Å². The predicted octanol–water partition coefficient (Wildman–Crippen LogP) is 4.95. The van der Waals surface area contributed by atoms with Gasteiger partial charge in [0.15, 0.2) is 0 Å². The standard InChI is InChI=1S/C19H22ClN3/c1-23(17-7-8-17)12-14-11-21-19(10-18(14)13-5-6-13)22-16-4-2-3-15(20)9-16/h2-4,9-11,13,17H,5-8,12H2,1H3,(H,21,22). The van der Waals surface area contributed by atoms with E-state index in [4.69, 9.17) is 11.6 Å². The van der Waals surface area contributed by atoms with Crippen LogP contribution < -0.4 is 5.32 Å². The monoisotopic (exact) mass is 327 g/mol. The molecule has 23 heavy (non-hydrogen) atoms. The van der Waals surface area contributed by atoms with Gasteiger partial charge >= 0.3 is 0 Å². The molecule has 3 nitrogen and oxygen atoms in total. The minimum Gasteiger partial charge on any atom is -0.340 e. The molecule has 120 valence electrons. The zero-order valence-electron chi connectivity index (χ0n) is 13.4. The van der Waals surface area contributed by atoms with Crippen molar-refractivity contribution < 1.29 is 0 Å². The molecule has 2 saturated carbocycles. The summed E-state index contributed by atoms with van der Waals surface area (Å²) in [5.74, 6) is 1.63. The molecular formula is C19H22ClN3. The predicted molar refractivity (Wildman–Crippen MR) is 95.4 cm³/mol. The number of nitrogens with zero attached hydrogens (tertiary/aromatic N) is 2. The molecule has 0 saturated heterocycles. The first kappa shape index (κ1) is 15.0. The number of pyridine rings is 1. The van der Waals surface area contributed by atoms with Gasteiger partial charge in [0, 0.05) is 29.5 Å². The van der Waals surface area contributed by atoms with Gasteiger partial charge in [0.1, 0.15) is 5.82 Å². The van der Waals surface area contributed by atoms with E-state index in [2.05, 4.69) is 34.5 Å². The summed E-state index contributed by atoms with van der Waals surface area (Å²) in [4.78, 5) is 7.09. The van der Waals surface area contributed by atoms with Gasteiger partial charge in [-0.15, -0.1) is 0 Å². The fourth-order valence-corrected chi connectivity index (χ4v) is 3.29. The van der Waals surface area contributed by atoms with Gasteiger partial charge < -0.3 is 5.32 Å². The van der Waals surface area contributed by atoms with Gasteiger partial charge in [-0.3, -0.25) is 4.90 Å². The van der Waals surface area contributed by atoms with E-state index >= 15 is 0 Å². The summed E-state index contributed by atoms with van der Waals surface area (Å²) >= 11 is 6.05. The molecule has 0 unspecified atom stereocenters. The number of hydrogen-bond donors (Lipinski definition) is 1. The lowest BCUT2D eigenvalue weighted by Gasteiger charge is -2.19. The molecule has 2 fully saturated rings. The normalized spacial score (nSPS) is 17.5. The summed E-state index contributed by atoms with van der Waals surface area (Å²) in [5.41, 5.74) is 3.84. The molecule has 2 aromatic rings. The average Bonchev–Trinajstić information content (AvgIpc) is 3.39. The number of benzene rings is 1. The first-order valence-electron chi connectivity index (χ1n) is 8.41. The number of rotatable bonds is 6. The van der Waals surface area contributed by atoms with E-state index in [1.807, 2.05) is 24.3 Å². The third-order valence-corrected chi connectivity index (χ3v) is 4.96. The smallest absolute Gasteiger partial charge is 0.130 e. The Morgan fingerprint density at radius 3 is 2.74 bits per heavy atom. The van der Waals surface area contributed by atoms with Crippen molar-refractivity contribution in [1.29, 1.82) is 0 Å². The van der Waals surface area contributed by atoms with E-state index in [9.17, 15) is 0 Å². The minimum absolute atomic E-state index is 0.723. The number of hydrogen-bond acceptors (Lipinski definition) is 3. The van der Waals surface area contributed by atoms with E-state index in [1.54, 1.807) is 0 Å². The maximum Gasteiger partial charge on any atom is 0.130 e. The molecule has 1 N–H and O–H groups in total. The van der Waals surface area contributed by atoms with E-state index in [1.165, 1.54) is 36.8 Å². The first-order valence-corrected chi connectivity index (χ1v) is 8.78. The molecule has 0 aliphatic heterocycles. The molecule has 1 aromatic carbocycles. The quantitative estimate of drug-likeness (QED) is 0.813. The molecular weight excluding hydrogens is 306 g/mol. The lowest BCUT2D eigenvalue weighted by Crippen LogP contribution is -2.21. The van der Waals surface area contributed by atoms with Gasteiger partial charge in [0.2, 0.25) is 0 Å². The van der Waals surface area contributed by atoms with Gasteiger partial charge in [-0.1, -0.05) is 17.7 Å². The van der Waals surface area contributed by atoms with Gasteiger partial charge in [-0.05, 0) is 74.0 Å². The zero-order chi connectivity index (χ0) is 15.8. The van der Waals surface area contributed by atoms with E-state index in [0.29, 0.717) is 0 Å². The fraction of sp³-hybridized carbons (Fsp3) is 0.421. The average molecular weight is 328 g/mol. The Balaban J connectivity index is 1.55. The van der Waals surface area contributed by atoms with Crippen LogP contribution in [0.3, 0.4) is 0 Å². The number of aromatic nitrogens is 1. The van der Waals surface area contributed by atoms with Crippen molar-refractivity contribution in [2.75, 3.05) is 12.4 Å². The molecule has 2 aliphatic carbocycles. The molecule has 2 aliphatic rings. The van der Waals surface area contributed by atoms with Crippen molar-refractivity contribution in [3.8, 4) is 0 Å². The third-order valence-electron chi connectivity index (χ3n) is 4.73. The maximum atomic E-state index is 6.05. The summed E-state index contributed by atoms with van der Waals surface area (Å²) in [5, 5.41) is 4.11. The SMILES string of the molecule is CN(Cc1cnc(Nc2cccc(Cl)c2)cc1C1CC1)C1CC1. The Morgan fingerprint density at radius 1 is 1.22 bits per heavy atom. The van der Waals surface area contributed by atoms with Crippen molar-refractivity contribution >= 4 is 23.1 Å². The minimum atomic E-state index is 0.723. The van der Waals surface area contributed by atoms with Crippen molar-refractivity contribution in [2.45, 2.75) is 44.2 Å². The Hall–Kier alpha value is -1.58.